The minimum absolute atomic E-state index is 0.0935. The quantitative estimate of drug-likeness (QED) is 0.816. The average molecular weight is 357 g/mol. The van der Waals surface area contributed by atoms with E-state index in [1.54, 1.807) is 0 Å². The van der Waals surface area contributed by atoms with E-state index < -0.39 is 0 Å². The number of thiophene rings is 1. The van der Waals surface area contributed by atoms with Crippen molar-refractivity contribution < 1.29 is 4.79 Å². The maximum atomic E-state index is 12.5. The Kier molecular flexibility index (Phi) is 3.25. The third-order valence-electron chi connectivity index (χ3n) is 6.04. The van der Waals surface area contributed by atoms with E-state index in [0.717, 1.165) is 11.4 Å². The minimum Gasteiger partial charge on any atom is -0.354 e. The Bertz CT molecular complexity index is 893. The average Bonchev–Trinajstić information content (AvgIpc) is 2.92. The van der Waals surface area contributed by atoms with Crippen molar-refractivity contribution in [3.05, 3.63) is 40.1 Å². The standard InChI is InChI=1S/C17H19N5O2S/c23-15(12-10-11-3-4-13(12)17(11)5-6-17)18-7-8-21-16(24)22(20-19-21)14-2-1-9-25-14/h1-4,9,11-13H,5-8,10H2,(H,18,23)/t11-,12-,13+/m1/s1. The van der Waals surface area contributed by atoms with Crippen LogP contribution in [0.4, 0.5) is 0 Å². The lowest BCUT2D eigenvalue weighted by atomic mass is 9.88. The fourth-order valence-electron chi connectivity index (χ4n) is 4.63. The smallest absolute Gasteiger partial charge is 0.354 e. The minimum atomic E-state index is -0.281. The first kappa shape index (κ1) is 15.1. The van der Waals surface area contributed by atoms with Gasteiger partial charge in [0.25, 0.3) is 0 Å². The Morgan fingerprint density at radius 1 is 1.36 bits per heavy atom. The van der Waals surface area contributed by atoms with Gasteiger partial charge in [-0.2, -0.15) is 9.36 Å². The van der Waals surface area contributed by atoms with Crippen LogP contribution < -0.4 is 11.0 Å². The first-order valence-electron chi connectivity index (χ1n) is 8.72. The molecule has 8 heteroatoms. The number of hydrogen-bond acceptors (Lipinski definition) is 5. The van der Waals surface area contributed by atoms with Gasteiger partial charge in [0.05, 0.1) is 6.54 Å². The van der Waals surface area contributed by atoms with E-state index in [2.05, 4.69) is 27.9 Å². The zero-order chi connectivity index (χ0) is 17.0. The maximum absolute atomic E-state index is 12.5. The summed E-state index contributed by atoms with van der Waals surface area (Å²) in [5.74, 6) is 1.22. The topological polar surface area (TPSA) is 81.8 Å². The summed E-state index contributed by atoms with van der Waals surface area (Å²) in [6, 6.07) is 3.69. The molecular weight excluding hydrogens is 338 g/mol. The Labute approximate surface area is 148 Å². The highest BCUT2D eigenvalue weighted by molar-refractivity contribution is 7.12. The summed E-state index contributed by atoms with van der Waals surface area (Å²) in [5, 5.41) is 13.4. The molecule has 1 N–H and O–H groups in total. The van der Waals surface area contributed by atoms with Gasteiger partial charge in [-0.15, -0.1) is 11.3 Å². The number of tetrazole rings is 1. The van der Waals surface area contributed by atoms with Crippen molar-refractivity contribution in [1.82, 2.24) is 25.1 Å². The number of nitrogens with one attached hydrogen (secondary N) is 1. The lowest BCUT2D eigenvalue weighted by molar-refractivity contribution is -0.125. The van der Waals surface area contributed by atoms with Gasteiger partial charge < -0.3 is 5.32 Å². The molecule has 0 aliphatic heterocycles. The maximum Gasteiger partial charge on any atom is 0.369 e. The number of carbonyl (C=O) groups excluding carboxylic acids is 1. The van der Waals surface area contributed by atoms with Crippen molar-refractivity contribution in [3.63, 3.8) is 0 Å². The lowest BCUT2D eigenvalue weighted by Crippen LogP contribution is -2.37. The van der Waals surface area contributed by atoms with Gasteiger partial charge in [-0.05, 0) is 64.5 Å². The summed E-state index contributed by atoms with van der Waals surface area (Å²) in [7, 11) is 0. The van der Waals surface area contributed by atoms with Gasteiger partial charge in [-0.25, -0.2) is 4.79 Å². The summed E-state index contributed by atoms with van der Waals surface area (Å²) in [4.78, 5) is 24.8. The van der Waals surface area contributed by atoms with Gasteiger partial charge in [0.15, 0.2) is 0 Å². The van der Waals surface area contributed by atoms with Crippen molar-refractivity contribution in [2.45, 2.75) is 25.8 Å². The van der Waals surface area contributed by atoms with Crippen molar-refractivity contribution >= 4 is 17.2 Å². The Morgan fingerprint density at radius 2 is 2.24 bits per heavy atom. The molecule has 2 fully saturated rings. The monoisotopic (exact) mass is 357 g/mol. The summed E-state index contributed by atoms with van der Waals surface area (Å²) < 4.78 is 2.58. The molecule has 3 aliphatic carbocycles. The van der Waals surface area contributed by atoms with Crippen molar-refractivity contribution in [1.29, 1.82) is 0 Å². The van der Waals surface area contributed by atoms with Crippen molar-refractivity contribution in [2.75, 3.05) is 6.54 Å². The van der Waals surface area contributed by atoms with E-state index in [4.69, 9.17) is 0 Å². The molecule has 0 aromatic carbocycles. The number of nitrogens with zero attached hydrogens (tertiary/aromatic N) is 4. The SMILES string of the molecule is O=C(NCCn1nnn(-c2cccs2)c1=O)[C@@H]1C[C@H]2C=C[C@@H]1C21CC1. The molecule has 2 bridgehead atoms. The van der Waals surface area contributed by atoms with Crippen LogP contribution in [0.15, 0.2) is 34.5 Å². The van der Waals surface area contributed by atoms with E-state index in [1.165, 1.54) is 33.5 Å². The summed E-state index contributed by atoms with van der Waals surface area (Å²) in [6.45, 7) is 0.726. The van der Waals surface area contributed by atoms with Gasteiger partial charge in [-0.1, -0.05) is 12.2 Å². The fourth-order valence-corrected chi connectivity index (χ4v) is 5.30. The van der Waals surface area contributed by atoms with Crippen LogP contribution in [-0.2, 0) is 11.3 Å². The third-order valence-corrected chi connectivity index (χ3v) is 6.88. The first-order valence-corrected chi connectivity index (χ1v) is 9.60. The number of rotatable bonds is 5. The van der Waals surface area contributed by atoms with Crippen LogP contribution in [0.25, 0.3) is 5.00 Å². The van der Waals surface area contributed by atoms with Gasteiger partial charge >= 0.3 is 5.69 Å². The predicted octanol–water partition coefficient (Wildman–Crippen LogP) is 1.21. The molecule has 2 aromatic rings. The van der Waals surface area contributed by atoms with Crippen molar-refractivity contribution in [3.8, 4) is 5.00 Å². The summed E-state index contributed by atoms with van der Waals surface area (Å²) in [5.41, 5.74) is 0.138. The largest absolute Gasteiger partial charge is 0.369 e. The Balaban J connectivity index is 1.20. The highest BCUT2D eigenvalue weighted by Crippen LogP contribution is 2.70. The predicted molar refractivity (Wildman–Crippen MR) is 92.4 cm³/mol. The number of hydrogen-bond donors (Lipinski definition) is 1. The van der Waals surface area contributed by atoms with Crippen LogP contribution in [0.2, 0.25) is 0 Å². The van der Waals surface area contributed by atoms with E-state index in [-0.39, 0.29) is 17.5 Å². The molecule has 0 radical (unpaired) electrons. The third kappa shape index (κ3) is 2.23. The van der Waals surface area contributed by atoms with E-state index >= 15 is 0 Å². The lowest BCUT2D eigenvalue weighted by Gasteiger charge is -2.19. The highest BCUT2D eigenvalue weighted by atomic mass is 32.1. The Hall–Kier alpha value is -2.22. The van der Waals surface area contributed by atoms with Crippen LogP contribution in [0, 0.1) is 23.2 Å². The van der Waals surface area contributed by atoms with Crippen LogP contribution in [-0.4, -0.2) is 32.2 Å². The molecule has 130 valence electrons. The molecule has 5 rings (SSSR count). The second kappa shape index (κ2) is 5.39. The fraction of sp³-hybridized carbons (Fsp3) is 0.529. The van der Waals surface area contributed by atoms with Crippen LogP contribution in [0.5, 0.6) is 0 Å². The zero-order valence-electron chi connectivity index (χ0n) is 13.7. The first-order chi connectivity index (χ1) is 12.2. The zero-order valence-corrected chi connectivity index (χ0v) is 14.5. The number of aromatic nitrogens is 4. The van der Waals surface area contributed by atoms with Gasteiger partial charge in [-0.3, -0.25) is 4.79 Å². The summed E-state index contributed by atoms with van der Waals surface area (Å²) >= 11 is 1.43. The van der Waals surface area contributed by atoms with Gasteiger partial charge in [0.1, 0.15) is 5.00 Å². The molecule has 1 spiro atoms. The van der Waals surface area contributed by atoms with Crippen LogP contribution in [0.1, 0.15) is 19.3 Å². The molecular formula is C17H19N5O2S. The molecule has 2 aromatic heterocycles. The normalized spacial score (nSPS) is 27.9. The molecule has 25 heavy (non-hydrogen) atoms. The molecule has 2 saturated carbocycles. The second-order valence-electron chi connectivity index (χ2n) is 7.23. The molecule has 1 amide bonds. The van der Waals surface area contributed by atoms with E-state index in [9.17, 15) is 9.59 Å². The van der Waals surface area contributed by atoms with Gasteiger partial charge in [0, 0.05) is 12.5 Å². The number of amides is 1. The number of allylic oxidation sites excluding steroid dienone is 2. The van der Waals surface area contributed by atoms with Crippen LogP contribution in [0.3, 0.4) is 0 Å². The van der Waals surface area contributed by atoms with E-state index in [0.29, 0.717) is 30.3 Å². The second-order valence-corrected chi connectivity index (χ2v) is 8.16. The highest BCUT2D eigenvalue weighted by Gasteiger charge is 2.63. The number of carbonyl (C=O) groups is 1. The molecule has 0 saturated heterocycles. The molecule has 7 nitrogen and oxygen atoms in total. The molecule has 2 heterocycles. The molecule has 3 aliphatic rings. The summed E-state index contributed by atoms with van der Waals surface area (Å²) in [6.07, 6.45) is 8.06. The van der Waals surface area contributed by atoms with Crippen molar-refractivity contribution in [2.24, 2.45) is 23.2 Å². The van der Waals surface area contributed by atoms with E-state index in [1.807, 2.05) is 17.5 Å². The molecule has 0 unspecified atom stereocenters. The van der Waals surface area contributed by atoms with Crippen LogP contribution >= 0.6 is 11.3 Å². The molecule has 3 atom stereocenters. The van der Waals surface area contributed by atoms with Gasteiger partial charge in [0.2, 0.25) is 5.91 Å². The Morgan fingerprint density at radius 3 is 2.96 bits per heavy atom.